The van der Waals surface area contributed by atoms with Gasteiger partial charge in [0.2, 0.25) is 21.8 Å². The summed E-state index contributed by atoms with van der Waals surface area (Å²) in [5.41, 5.74) is 0.906. The number of para-hydroxylation sites is 2. The molecule has 1 N–H and O–H groups in total. The summed E-state index contributed by atoms with van der Waals surface area (Å²) < 4.78 is 31.7. The number of anilines is 1. The van der Waals surface area contributed by atoms with Gasteiger partial charge in [0.15, 0.2) is 0 Å². The Kier molecular flexibility index (Phi) is 10.3. The van der Waals surface area contributed by atoms with Crippen LogP contribution in [0.1, 0.15) is 52.5 Å². The van der Waals surface area contributed by atoms with Crippen LogP contribution in [0.15, 0.2) is 54.6 Å². The molecule has 0 aliphatic heterocycles. The molecule has 0 aromatic heterocycles. The van der Waals surface area contributed by atoms with Crippen molar-refractivity contribution in [3.8, 4) is 5.75 Å². The van der Waals surface area contributed by atoms with E-state index < -0.39 is 21.6 Å². The number of nitrogens with zero attached hydrogens (tertiary/aromatic N) is 2. The van der Waals surface area contributed by atoms with Crippen LogP contribution in [-0.4, -0.2) is 56.6 Å². The fourth-order valence-electron chi connectivity index (χ4n) is 3.97. The topological polar surface area (TPSA) is 96.0 Å². The number of ether oxygens (including phenoxy) is 1. The Morgan fingerprint density at radius 1 is 1.03 bits per heavy atom. The lowest BCUT2D eigenvalue weighted by molar-refractivity contribution is -0.142. The maximum atomic E-state index is 13.5. The Morgan fingerprint density at radius 2 is 1.64 bits per heavy atom. The number of hydrogen-bond donors (Lipinski definition) is 1. The molecule has 0 spiro atoms. The number of rotatable bonds is 12. The highest BCUT2D eigenvalue weighted by Gasteiger charge is 2.31. The molecule has 2 rings (SSSR count). The number of nitrogens with one attached hydrogen (secondary N) is 1. The number of benzene rings is 2. The first-order chi connectivity index (χ1) is 16.9. The zero-order valence-corrected chi connectivity index (χ0v) is 23.0. The Balaban J connectivity index is 2.24. The van der Waals surface area contributed by atoms with Crippen LogP contribution in [0.4, 0.5) is 5.69 Å². The van der Waals surface area contributed by atoms with Crippen LogP contribution in [0.5, 0.6) is 5.75 Å². The Morgan fingerprint density at radius 3 is 2.19 bits per heavy atom. The third kappa shape index (κ3) is 8.55. The van der Waals surface area contributed by atoms with Crippen LogP contribution in [0.2, 0.25) is 0 Å². The predicted molar refractivity (Wildman–Crippen MR) is 143 cm³/mol. The lowest BCUT2D eigenvalue weighted by Gasteiger charge is -2.33. The molecule has 198 valence electrons. The van der Waals surface area contributed by atoms with Crippen molar-refractivity contribution in [2.24, 2.45) is 0 Å². The second-order valence-corrected chi connectivity index (χ2v) is 11.7. The van der Waals surface area contributed by atoms with Crippen LogP contribution in [0.25, 0.3) is 0 Å². The number of carbonyl (C=O) groups excluding carboxylic acids is 2. The minimum atomic E-state index is -3.61. The van der Waals surface area contributed by atoms with Gasteiger partial charge in [-0.2, -0.15) is 0 Å². The third-order valence-electron chi connectivity index (χ3n) is 5.59. The highest BCUT2D eigenvalue weighted by atomic mass is 32.2. The van der Waals surface area contributed by atoms with Crippen LogP contribution in [0.3, 0.4) is 0 Å². The van der Waals surface area contributed by atoms with Gasteiger partial charge in [0, 0.05) is 25.0 Å². The Hall–Kier alpha value is -3.07. The molecular weight excluding hydrogens is 478 g/mol. The van der Waals surface area contributed by atoms with Gasteiger partial charge in [0.1, 0.15) is 11.8 Å². The predicted octanol–water partition coefficient (Wildman–Crippen LogP) is 3.96. The van der Waals surface area contributed by atoms with Crippen molar-refractivity contribution in [2.45, 2.75) is 65.1 Å². The molecule has 2 amide bonds. The van der Waals surface area contributed by atoms with Gasteiger partial charge in [-0.1, -0.05) is 49.4 Å². The first kappa shape index (κ1) is 29.2. The smallest absolute Gasteiger partial charge is 0.243 e. The van der Waals surface area contributed by atoms with Crippen molar-refractivity contribution in [2.75, 3.05) is 24.2 Å². The third-order valence-corrected chi connectivity index (χ3v) is 6.77. The van der Waals surface area contributed by atoms with E-state index in [0.29, 0.717) is 17.9 Å². The van der Waals surface area contributed by atoms with Crippen molar-refractivity contribution in [1.82, 2.24) is 10.2 Å². The van der Waals surface area contributed by atoms with Crippen LogP contribution < -0.4 is 14.4 Å². The van der Waals surface area contributed by atoms with E-state index in [2.05, 4.69) is 5.32 Å². The summed E-state index contributed by atoms with van der Waals surface area (Å²) in [6, 6.07) is 15.8. The monoisotopic (exact) mass is 517 g/mol. The number of sulfonamides is 1. The first-order valence-corrected chi connectivity index (χ1v) is 14.0. The second kappa shape index (κ2) is 12.8. The van der Waals surface area contributed by atoms with Gasteiger partial charge in [-0.05, 0) is 51.3 Å². The fourth-order valence-corrected chi connectivity index (χ4v) is 4.94. The van der Waals surface area contributed by atoms with E-state index in [4.69, 9.17) is 4.74 Å². The van der Waals surface area contributed by atoms with Gasteiger partial charge in [-0.3, -0.25) is 13.9 Å². The quantitative estimate of drug-likeness (QED) is 0.460. The Labute approximate surface area is 215 Å². The summed E-state index contributed by atoms with van der Waals surface area (Å²) in [5, 5.41) is 2.99. The van der Waals surface area contributed by atoms with Crippen LogP contribution in [-0.2, 0) is 26.2 Å². The highest BCUT2D eigenvalue weighted by Crippen LogP contribution is 2.29. The molecule has 2 aromatic carbocycles. The molecule has 0 aliphatic carbocycles. The fraction of sp³-hybridized carbons (Fsp3) is 0.481. The van der Waals surface area contributed by atoms with Gasteiger partial charge in [-0.25, -0.2) is 8.42 Å². The summed E-state index contributed by atoms with van der Waals surface area (Å²) in [7, 11) is -2.12. The average molecular weight is 518 g/mol. The lowest BCUT2D eigenvalue weighted by Crippen LogP contribution is -2.53. The summed E-state index contributed by atoms with van der Waals surface area (Å²) in [4.78, 5) is 28.2. The van der Waals surface area contributed by atoms with Gasteiger partial charge in [0.25, 0.3) is 0 Å². The van der Waals surface area contributed by atoms with Gasteiger partial charge >= 0.3 is 0 Å². The zero-order chi connectivity index (χ0) is 26.9. The Bertz CT molecular complexity index is 1110. The van der Waals surface area contributed by atoms with Crippen molar-refractivity contribution in [3.63, 3.8) is 0 Å². The van der Waals surface area contributed by atoms with Crippen molar-refractivity contribution < 1.29 is 22.7 Å². The van der Waals surface area contributed by atoms with E-state index in [1.54, 1.807) is 29.2 Å². The van der Waals surface area contributed by atoms with E-state index in [-0.39, 0.29) is 37.7 Å². The minimum absolute atomic E-state index is 0.0906. The molecule has 0 saturated heterocycles. The van der Waals surface area contributed by atoms with E-state index in [9.17, 15) is 18.0 Å². The minimum Gasteiger partial charge on any atom is -0.495 e. The molecule has 0 fully saturated rings. The zero-order valence-electron chi connectivity index (χ0n) is 22.2. The summed E-state index contributed by atoms with van der Waals surface area (Å²) in [6.45, 7) is 7.98. The lowest BCUT2D eigenvalue weighted by atomic mass is 10.0. The van der Waals surface area contributed by atoms with Crippen molar-refractivity contribution >= 4 is 27.5 Å². The molecule has 36 heavy (non-hydrogen) atoms. The van der Waals surface area contributed by atoms with Crippen molar-refractivity contribution in [3.05, 3.63) is 60.2 Å². The van der Waals surface area contributed by atoms with Crippen LogP contribution >= 0.6 is 0 Å². The molecule has 8 nitrogen and oxygen atoms in total. The summed E-state index contributed by atoms with van der Waals surface area (Å²) in [5.74, 6) is 0.0224. The molecule has 0 heterocycles. The molecule has 0 aliphatic rings. The maximum absolute atomic E-state index is 13.5. The largest absolute Gasteiger partial charge is 0.495 e. The molecule has 0 unspecified atom stereocenters. The molecule has 0 radical (unpaired) electrons. The molecule has 1 atom stereocenters. The summed E-state index contributed by atoms with van der Waals surface area (Å²) in [6.07, 6.45) is 1.96. The molecular formula is C27H39N3O5S. The van der Waals surface area contributed by atoms with E-state index in [0.717, 1.165) is 11.8 Å². The maximum Gasteiger partial charge on any atom is 0.243 e. The van der Waals surface area contributed by atoms with Crippen molar-refractivity contribution in [1.29, 1.82) is 0 Å². The molecule has 2 aromatic rings. The number of amides is 2. The molecule has 0 saturated carbocycles. The summed E-state index contributed by atoms with van der Waals surface area (Å²) >= 11 is 0. The number of methoxy groups -OCH3 is 1. The molecule has 9 heteroatoms. The number of hydrogen-bond acceptors (Lipinski definition) is 5. The van der Waals surface area contributed by atoms with Gasteiger partial charge in [-0.15, -0.1) is 0 Å². The van der Waals surface area contributed by atoms with E-state index in [1.165, 1.54) is 11.4 Å². The normalized spacial score (nSPS) is 12.5. The van der Waals surface area contributed by atoms with Crippen LogP contribution in [0, 0.1) is 0 Å². The van der Waals surface area contributed by atoms with Gasteiger partial charge in [0.05, 0.1) is 19.1 Å². The van der Waals surface area contributed by atoms with E-state index >= 15 is 0 Å². The SMILES string of the molecule is CC[C@H](C(=O)NC(C)(C)C)N(Cc1ccccc1)C(=O)CCCN(c1ccccc1OC)S(C)(=O)=O. The first-order valence-electron chi connectivity index (χ1n) is 12.1. The van der Waals surface area contributed by atoms with E-state index in [1.807, 2.05) is 58.0 Å². The van der Waals surface area contributed by atoms with Gasteiger partial charge < -0.3 is 15.0 Å². The number of carbonyl (C=O) groups is 2. The standard InChI is InChI=1S/C27H39N3O5S/c1-7-22(26(32)28-27(2,3)4)29(20-21-14-9-8-10-15-21)25(31)18-13-19-30(36(6,33)34)23-16-11-12-17-24(23)35-5/h8-12,14-17,22H,7,13,18-20H2,1-6H3,(H,28,32)/t22-/m1/s1. The second-order valence-electron chi connectivity index (χ2n) is 9.78. The average Bonchev–Trinajstić information content (AvgIpc) is 2.80. The molecule has 0 bridgehead atoms. The highest BCUT2D eigenvalue weighted by molar-refractivity contribution is 7.92.